The second kappa shape index (κ2) is 4.65. The molecular formula is C16H21N3OS. The molecule has 1 saturated heterocycles. The zero-order chi connectivity index (χ0) is 14.7. The molecule has 1 amide bonds. The number of rotatable bonds is 1. The number of nitrogens with zero attached hydrogens (tertiary/aromatic N) is 3. The van der Waals surface area contributed by atoms with Crippen LogP contribution in [0.5, 0.6) is 0 Å². The molecule has 1 fully saturated rings. The van der Waals surface area contributed by atoms with Crippen LogP contribution in [0, 0.1) is 0 Å². The Balaban J connectivity index is 1.78. The average Bonchev–Trinajstić information content (AvgIpc) is 2.79. The first-order valence-corrected chi connectivity index (χ1v) is 8.18. The highest BCUT2D eigenvalue weighted by Gasteiger charge is 2.46. The Labute approximate surface area is 131 Å². The fourth-order valence-electron chi connectivity index (χ4n) is 4.16. The molecule has 4 nitrogen and oxygen atoms in total. The number of hydrogen-bond donors (Lipinski definition) is 1. The summed E-state index contributed by atoms with van der Waals surface area (Å²) in [6.45, 7) is 4.77. The van der Waals surface area contributed by atoms with Crippen LogP contribution in [0.1, 0.15) is 24.8 Å². The first-order valence-electron chi connectivity index (χ1n) is 7.66. The average molecular weight is 303 g/mol. The Bertz CT molecular complexity index is 603. The van der Waals surface area contributed by atoms with E-state index < -0.39 is 0 Å². The zero-order valence-corrected chi connectivity index (χ0v) is 13.4. The lowest BCUT2D eigenvalue weighted by Gasteiger charge is -2.41. The van der Waals surface area contributed by atoms with Crippen LogP contribution in [0.25, 0.3) is 0 Å². The van der Waals surface area contributed by atoms with Gasteiger partial charge >= 0.3 is 0 Å². The highest BCUT2D eigenvalue weighted by molar-refractivity contribution is 7.80. The van der Waals surface area contributed by atoms with Gasteiger partial charge in [0.1, 0.15) is 0 Å². The predicted octanol–water partition coefficient (Wildman–Crippen LogP) is 1.92. The lowest BCUT2D eigenvalue weighted by molar-refractivity contribution is -0.117. The van der Waals surface area contributed by atoms with Crippen LogP contribution < -0.4 is 9.80 Å². The summed E-state index contributed by atoms with van der Waals surface area (Å²) in [6.07, 6.45) is 1.11. The number of anilines is 2. The third-order valence-corrected chi connectivity index (χ3v) is 5.64. The van der Waals surface area contributed by atoms with Gasteiger partial charge in [0.25, 0.3) is 0 Å². The van der Waals surface area contributed by atoms with Gasteiger partial charge in [0.2, 0.25) is 5.91 Å². The van der Waals surface area contributed by atoms with Crippen LogP contribution >= 0.6 is 12.6 Å². The second-order valence-corrected chi connectivity index (χ2v) is 7.13. The van der Waals surface area contributed by atoms with Crippen LogP contribution in [0.3, 0.4) is 0 Å². The van der Waals surface area contributed by atoms with Crippen molar-refractivity contribution in [3.05, 3.63) is 23.8 Å². The van der Waals surface area contributed by atoms with Crippen molar-refractivity contribution < 1.29 is 4.79 Å². The number of carbonyl (C=O) groups is 1. The molecule has 3 unspecified atom stereocenters. The maximum absolute atomic E-state index is 12.3. The summed E-state index contributed by atoms with van der Waals surface area (Å²) in [5, 5.41) is 0.293. The molecule has 3 atom stereocenters. The number of para-hydroxylation sites is 1. The fraction of sp³-hybridized carbons (Fsp3) is 0.562. The van der Waals surface area contributed by atoms with E-state index in [1.807, 2.05) is 11.9 Å². The first-order chi connectivity index (χ1) is 10.1. The summed E-state index contributed by atoms with van der Waals surface area (Å²) in [5.41, 5.74) is 3.78. The Morgan fingerprint density at radius 2 is 2.19 bits per heavy atom. The van der Waals surface area contributed by atoms with Gasteiger partial charge in [-0.15, -0.1) is 0 Å². The molecule has 1 aromatic carbocycles. The van der Waals surface area contributed by atoms with Crippen molar-refractivity contribution in [3.63, 3.8) is 0 Å². The number of benzene rings is 1. The SMILES string of the molecule is CC(S)N1CCC2C(C1)c1cccc3c1N2CC(=O)N3C. The van der Waals surface area contributed by atoms with Gasteiger partial charge in [-0.25, -0.2) is 0 Å². The summed E-state index contributed by atoms with van der Waals surface area (Å²) in [7, 11) is 1.89. The van der Waals surface area contributed by atoms with E-state index in [0.717, 1.165) is 25.2 Å². The van der Waals surface area contributed by atoms with E-state index in [-0.39, 0.29) is 5.91 Å². The molecule has 0 spiro atoms. The van der Waals surface area contributed by atoms with Gasteiger partial charge in [0, 0.05) is 37.5 Å². The van der Waals surface area contributed by atoms with Crippen LogP contribution in [-0.2, 0) is 4.79 Å². The van der Waals surface area contributed by atoms with E-state index in [1.54, 1.807) is 0 Å². The topological polar surface area (TPSA) is 26.8 Å². The molecule has 3 heterocycles. The smallest absolute Gasteiger partial charge is 0.246 e. The number of likely N-dealkylation sites (tertiary alicyclic amines) is 1. The van der Waals surface area contributed by atoms with E-state index in [4.69, 9.17) is 0 Å². The molecule has 0 saturated carbocycles. The number of thiol groups is 1. The molecule has 21 heavy (non-hydrogen) atoms. The number of hydrogen-bond acceptors (Lipinski definition) is 4. The minimum atomic E-state index is 0.199. The quantitative estimate of drug-likeness (QED) is 0.803. The fourth-order valence-corrected chi connectivity index (χ4v) is 4.37. The van der Waals surface area contributed by atoms with E-state index in [0.29, 0.717) is 23.9 Å². The van der Waals surface area contributed by atoms with E-state index >= 15 is 0 Å². The van der Waals surface area contributed by atoms with Gasteiger partial charge in [-0.05, 0) is 25.0 Å². The summed E-state index contributed by atoms with van der Waals surface area (Å²) in [5.74, 6) is 0.702. The molecule has 3 aliphatic rings. The molecule has 0 aliphatic carbocycles. The van der Waals surface area contributed by atoms with Crippen molar-refractivity contribution in [2.45, 2.75) is 30.7 Å². The highest BCUT2D eigenvalue weighted by atomic mass is 32.1. The summed E-state index contributed by atoms with van der Waals surface area (Å²) >= 11 is 4.60. The number of carbonyl (C=O) groups excluding carboxylic acids is 1. The molecule has 3 aliphatic heterocycles. The van der Waals surface area contributed by atoms with Gasteiger partial charge in [-0.1, -0.05) is 12.1 Å². The summed E-state index contributed by atoms with van der Waals surface area (Å²) < 4.78 is 0. The molecule has 0 radical (unpaired) electrons. The minimum absolute atomic E-state index is 0.199. The van der Waals surface area contributed by atoms with E-state index in [9.17, 15) is 4.79 Å². The monoisotopic (exact) mass is 303 g/mol. The summed E-state index contributed by atoms with van der Waals surface area (Å²) in [6, 6.07) is 6.88. The van der Waals surface area contributed by atoms with Gasteiger partial charge in [-0.2, -0.15) is 12.6 Å². The minimum Gasteiger partial charge on any atom is -0.357 e. The number of likely N-dealkylation sites (N-methyl/N-ethyl adjacent to an activating group) is 1. The second-order valence-electron chi connectivity index (χ2n) is 6.38. The third-order valence-electron chi connectivity index (χ3n) is 5.31. The zero-order valence-electron chi connectivity index (χ0n) is 12.5. The van der Waals surface area contributed by atoms with Crippen LogP contribution in [0.15, 0.2) is 18.2 Å². The van der Waals surface area contributed by atoms with Gasteiger partial charge in [0.05, 0.1) is 17.9 Å². The van der Waals surface area contributed by atoms with Crippen molar-refractivity contribution in [1.29, 1.82) is 0 Å². The van der Waals surface area contributed by atoms with Gasteiger partial charge in [-0.3, -0.25) is 9.69 Å². The molecule has 0 bridgehead atoms. The number of piperidine rings is 1. The number of amides is 1. The Morgan fingerprint density at radius 3 is 2.95 bits per heavy atom. The largest absolute Gasteiger partial charge is 0.357 e. The van der Waals surface area contributed by atoms with Crippen molar-refractivity contribution in [2.24, 2.45) is 0 Å². The molecular weight excluding hydrogens is 282 g/mol. The molecule has 0 N–H and O–H groups in total. The maximum atomic E-state index is 12.3. The van der Waals surface area contributed by atoms with Gasteiger partial charge < -0.3 is 9.80 Å². The van der Waals surface area contributed by atoms with Crippen LogP contribution in [0.4, 0.5) is 11.4 Å². The molecule has 112 valence electrons. The van der Waals surface area contributed by atoms with Crippen molar-refractivity contribution >= 4 is 29.9 Å². The number of fused-ring (bicyclic) bond motifs is 3. The molecule has 4 rings (SSSR count). The maximum Gasteiger partial charge on any atom is 0.246 e. The Morgan fingerprint density at radius 1 is 1.38 bits per heavy atom. The van der Waals surface area contributed by atoms with Crippen molar-refractivity contribution in [2.75, 3.05) is 36.5 Å². The van der Waals surface area contributed by atoms with Crippen molar-refractivity contribution in [3.8, 4) is 0 Å². The van der Waals surface area contributed by atoms with Gasteiger partial charge in [0.15, 0.2) is 0 Å². The lowest BCUT2D eigenvalue weighted by atomic mass is 9.89. The Kier molecular flexibility index (Phi) is 2.98. The molecule has 1 aromatic rings. The highest BCUT2D eigenvalue weighted by Crippen LogP contribution is 2.50. The lowest BCUT2D eigenvalue weighted by Crippen LogP contribution is -2.51. The summed E-state index contributed by atoms with van der Waals surface area (Å²) in [4.78, 5) is 18.9. The van der Waals surface area contributed by atoms with Crippen LogP contribution in [0.2, 0.25) is 0 Å². The first kappa shape index (κ1) is 13.5. The van der Waals surface area contributed by atoms with Crippen molar-refractivity contribution in [1.82, 2.24) is 4.90 Å². The van der Waals surface area contributed by atoms with E-state index in [1.165, 1.54) is 11.3 Å². The third kappa shape index (κ3) is 1.83. The molecule has 0 aromatic heterocycles. The Hall–Kier alpha value is -1.20. The molecule has 5 heteroatoms. The van der Waals surface area contributed by atoms with Crippen LogP contribution in [-0.4, -0.2) is 48.9 Å². The van der Waals surface area contributed by atoms with E-state index in [2.05, 4.69) is 47.6 Å². The standard InChI is InChI=1S/C16H21N3OS/c1-10(21)18-7-6-13-12(8-18)11-4-3-5-14-16(11)19(13)9-15(20)17(14)2/h3-5,10,12-13,21H,6-9H2,1-2H3. The normalized spacial score (nSPS) is 29.4. The predicted molar refractivity (Wildman–Crippen MR) is 88.4 cm³/mol.